The summed E-state index contributed by atoms with van der Waals surface area (Å²) >= 11 is 0. The number of hydrogen-bond donors (Lipinski definition) is 0. The SMILES string of the molecule is CC1CN(S(=O)(=O)N2CCN(C(=O)C3CCCC(C(F)(F)F)C3)CC2)CC(C)O1. The van der Waals surface area contributed by atoms with Gasteiger partial charge in [-0.2, -0.15) is 30.2 Å². The van der Waals surface area contributed by atoms with E-state index in [2.05, 4.69) is 0 Å². The van der Waals surface area contributed by atoms with E-state index in [1.807, 2.05) is 13.8 Å². The van der Waals surface area contributed by atoms with Crippen molar-refractivity contribution in [3.63, 3.8) is 0 Å². The molecular formula is C18H30F3N3O4S. The third-order valence-corrected chi connectivity index (χ3v) is 8.04. The molecule has 0 bridgehead atoms. The van der Waals surface area contributed by atoms with E-state index in [4.69, 9.17) is 4.74 Å². The lowest BCUT2D eigenvalue weighted by molar-refractivity contribution is -0.187. The minimum Gasteiger partial charge on any atom is -0.373 e. The van der Waals surface area contributed by atoms with E-state index in [0.717, 1.165) is 0 Å². The van der Waals surface area contributed by atoms with E-state index < -0.39 is 28.2 Å². The topological polar surface area (TPSA) is 70.2 Å². The molecule has 1 aliphatic carbocycles. The van der Waals surface area contributed by atoms with Gasteiger partial charge in [0.1, 0.15) is 0 Å². The number of morpholine rings is 1. The molecule has 1 saturated carbocycles. The maximum atomic E-state index is 13.0. The summed E-state index contributed by atoms with van der Waals surface area (Å²) in [6, 6.07) is 0. The maximum Gasteiger partial charge on any atom is 0.391 e. The second kappa shape index (κ2) is 8.68. The molecule has 29 heavy (non-hydrogen) atoms. The smallest absolute Gasteiger partial charge is 0.373 e. The van der Waals surface area contributed by atoms with E-state index in [1.165, 1.54) is 13.5 Å². The number of ether oxygens (including phenoxy) is 1. The number of halogens is 3. The summed E-state index contributed by atoms with van der Waals surface area (Å²) in [6.07, 6.45) is -3.87. The predicted octanol–water partition coefficient (Wildman–Crippen LogP) is 1.85. The Hall–Kier alpha value is -0.910. The number of piperazine rings is 1. The van der Waals surface area contributed by atoms with Crippen molar-refractivity contribution < 1.29 is 31.1 Å². The van der Waals surface area contributed by atoms with Crippen molar-refractivity contribution >= 4 is 16.1 Å². The molecule has 11 heteroatoms. The van der Waals surface area contributed by atoms with Gasteiger partial charge >= 0.3 is 6.18 Å². The van der Waals surface area contributed by atoms with Crippen LogP contribution in [-0.4, -0.2) is 85.5 Å². The van der Waals surface area contributed by atoms with Gasteiger partial charge in [0.2, 0.25) is 5.91 Å². The lowest BCUT2D eigenvalue weighted by atomic mass is 9.80. The highest BCUT2D eigenvalue weighted by Gasteiger charge is 2.45. The van der Waals surface area contributed by atoms with E-state index in [0.29, 0.717) is 12.8 Å². The van der Waals surface area contributed by atoms with Gasteiger partial charge in [0.05, 0.1) is 18.1 Å². The van der Waals surface area contributed by atoms with Crippen molar-refractivity contribution in [3.05, 3.63) is 0 Å². The van der Waals surface area contributed by atoms with Crippen LogP contribution in [0.2, 0.25) is 0 Å². The molecule has 0 aromatic heterocycles. The second-order valence-corrected chi connectivity index (χ2v) is 10.3. The molecule has 1 amide bonds. The van der Waals surface area contributed by atoms with Crippen molar-refractivity contribution in [3.8, 4) is 0 Å². The van der Waals surface area contributed by atoms with Crippen LogP contribution in [0.15, 0.2) is 0 Å². The average Bonchev–Trinajstić information content (AvgIpc) is 2.66. The number of hydrogen-bond acceptors (Lipinski definition) is 4. The summed E-state index contributed by atoms with van der Waals surface area (Å²) in [6.45, 7) is 4.95. The zero-order valence-corrected chi connectivity index (χ0v) is 17.7. The Morgan fingerprint density at radius 3 is 2.10 bits per heavy atom. The Bertz CT molecular complexity index is 685. The highest BCUT2D eigenvalue weighted by Crippen LogP contribution is 2.40. The summed E-state index contributed by atoms with van der Waals surface area (Å²) in [4.78, 5) is 14.3. The first kappa shape index (κ1) is 22.8. The zero-order chi connectivity index (χ0) is 21.4. The lowest BCUT2D eigenvalue weighted by Gasteiger charge is -2.41. The number of nitrogens with zero attached hydrogens (tertiary/aromatic N) is 3. The van der Waals surface area contributed by atoms with Crippen molar-refractivity contribution in [1.29, 1.82) is 0 Å². The first-order valence-corrected chi connectivity index (χ1v) is 11.6. The highest BCUT2D eigenvalue weighted by molar-refractivity contribution is 7.86. The standard InChI is InChI=1S/C18H30F3N3O4S/c1-13-11-24(12-14(2)28-13)29(26,27)23-8-6-22(7-9-23)17(25)15-4-3-5-16(10-15)18(19,20)21/h13-16H,3-12H2,1-2H3. The quantitative estimate of drug-likeness (QED) is 0.670. The van der Waals surface area contributed by atoms with Gasteiger partial charge in [0.25, 0.3) is 10.2 Å². The van der Waals surface area contributed by atoms with E-state index >= 15 is 0 Å². The number of rotatable bonds is 3. The van der Waals surface area contributed by atoms with Crippen LogP contribution in [0.5, 0.6) is 0 Å². The van der Waals surface area contributed by atoms with Gasteiger partial charge in [-0.3, -0.25) is 4.79 Å². The average molecular weight is 442 g/mol. The molecule has 0 spiro atoms. The minimum absolute atomic E-state index is 0.0791. The molecule has 2 saturated heterocycles. The molecule has 0 aromatic carbocycles. The summed E-state index contributed by atoms with van der Waals surface area (Å²) < 4.78 is 73.3. The monoisotopic (exact) mass is 441 g/mol. The Morgan fingerprint density at radius 2 is 1.55 bits per heavy atom. The van der Waals surface area contributed by atoms with Gasteiger partial charge in [-0.1, -0.05) is 6.42 Å². The number of carbonyl (C=O) groups is 1. The predicted molar refractivity (Wildman–Crippen MR) is 100 cm³/mol. The van der Waals surface area contributed by atoms with Crippen LogP contribution in [0.1, 0.15) is 39.5 Å². The van der Waals surface area contributed by atoms with Gasteiger partial charge in [-0.15, -0.1) is 0 Å². The van der Waals surface area contributed by atoms with Crippen molar-refractivity contribution in [2.45, 2.75) is 57.9 Å². The van der Waals surface area contributed by atoms with Crippen LogP contribution < -0.4 is 0 Å². The molecule has 0 radical (unpaired) electrons. The van der Waals surface area contributed by atoms with Gasteiger partial charge < -0.3 is 9.64 Å². The Morgan fingerprint density at radius 1 is 0.966 bits per heavy atom. The lowest BCUT2D eigenvalue weighted by Crippen LogP contribution is -2.58. The van der Waals surface area contributed by atoms with Crippen LogP contribution in [0.3, 0.4) is 0 Å². The molecule has 168 valence electrons. The number of carbonyl (C=O) groups excluding carboxylic acids is 1. The van der Waals surface area contributed by atoms with Crippen LogP contribution in [-0.2, 0) is 19.7 Å². The first-order valence-electron chi connectivity index (χ1n) is 10.2. The van der Waals surface area contributed by atoms with Gasteiger partial charge in [-0.05, 0) is 33.1 Å². The number of alkyl halides is 3. The normalized spacial score (nSPS) is 33.6. The molecule has 3 rings (SSSR count). The Balaban J connectivity index is 1.56. The van der Waals surface area contributed by atoms with Crippen molar-refractivity contribution in [2.24, 2.45) is 11.8 Å². The molecule has 0 N–H and O–H groups in total. The van der Waals surface area contributed by atoms with E-state index in [-0.39, 0.29) is 70.2 Å². The van der Waals surface area contributed by atoms with Crippen LogP contribution in [0.25, 0.3) is 0 Å². The molecule has 3 aliphatic rings. The van der Waals surface area contributed by atoms with Crippen LogP contribution >= 0.6 is 0 Å². The third kappa shape index (κ3) is 5.23. The van der Waals surface area contributed by atoms with Gasteiger partial charge in [0.15, 0.2) is 0 Å². The van der Waals surface area contributed by atoms with Gasteiger partial charge in [0, 0.05) is 45.2 Å². The Labute approximate surface area is 170 Å². The minimum atomic E-state index is -4.27. The molecule has 2 aliphatic heterocycles. The molecular weight excluding hydrogens is 411 g/mol. The maximum absolute atomic E-state index is 13.0. The zero-order valence-electron chi connectivity index (χ0n) is 16.9. The Kier molecular flexibility index (Phi) is 6.82. The fourth-order valence-corrected chi connectivity index (χ4v) is 6.34. The summed E-state index contributed by atoms with van der Waals surface area (Å²) in [7, 11) is -3.65. The van der Waals surface area contributed by atoms with E-state index in [9.17, 15) is 26.4 Å². The molecule has 7 nitrogen and oxygen atoms in total. The molecule has 3 fully saturated rings. The van der Waals surface area contributed by atoms with E-state index in [1.54, 1.807) is 0 Å². The van der Waals surface area contributed by atoms with Crippen molar-refractivity contribution in [1.82, 2.24) is 13.5 Å². The van der Waals surface area contributed by atoms with Crippen LogP contribution in [0.4, 0.5) is 13.2 Å². The first-order chi connectivity index (χ1) is 13.5. The second-order valence-electron chi connectivity index (χ2n) is 8.41. The molecule has 4 unspecified atom stereocenters. The summed E-state index contributed by atoms with van der Waals surface area (Å²) in [5, 5.41) is 0. The molecule has 0 aromatic rings. The van der Waals surface area contributed by atoms with Crippen LogP contribution in [0, 0.1) is 11.8 Å². The largest absolute Gasteiger partial charge is 0.391 e. The third-order valence-electron chi connectivity index (χ3n) is 6.08. The highest BCUT2D eigenvalue weighted by atomic mass is 32.2. The van der Waals surface area contributed by atoms with Gasteiger partial charge in [-0.25, -0.2) is 0 Å². The van der Waals surface area contributed by atoms with Crippen molar-refractivity contribution in [2.75, 3.05) is 39.3 Å². The number of amides is 1. The summed E-state index contributed by atoms with van der Waals surface area (Å²) in [5.41, 5.74) is 0. The fraction of sp³-hybridized carbons (Fsp3) is 0.944. The molecule has 4 atom stereocenters. The molecule has 2 heterocycles. The summed E-state index contributed by atoms with van der Waals surface area (Å²) in [5.74, 6) is -2.32. The fourth-order valence-electron chi connectivity index (χ4n) is 4.59.